The van der Waals surface area contributed by atoms with Crippen molar-refractivity contribution in [1.29, 1.82) is 0 Å². The number of para-hydroxylation sites is 1. The van der Waals surface area contributed by atoms with Crippen molar-refractivity contribution in [2.75, 3.05) is 11.4 Å². The first kappa shape index (κ1) is 13.4. The van der Waals surface area contributed by atoms with Crippen LogP contribution in [0.2, 0.25) is 0 Å². The molecule has 1 N–H and O–H groups in total. The minimum atomic E-state index is -4.03. The second-order valence-electron chi connectivity index (χ2n) is 4.70. The Morgan fingerprint density at radius 1 is 1.33 bits per heavy atom. The number of anilines is 1. The molecule has 0 fully saturated rings. The Kier molecular flexibility index (Phi) is 3.92. The van der Waals surface area contributed by atoms with Gasteiger partial charge in [-0.15, -0.1) is 0 Å². The quantitative estimate of drug-likeness (QED) is 0.659. The summed E-state index contributed by atoms with van der Waals surface area (Å²) in [7, 11) is -4.03. The maximum Gasteiger partial charge on any atom is 0.286 e. The van der Waals surface area contributed by atoms with Gasteiger partial charge < -0.3 is 4.90 Å². The smallest absolute Gasteiger partial charge is 0.286 e. The van der Waals surface area contributed by atoms with Crippen molar-refractivity contribution in [3.63, 3.8) is 0 Å². The SMILES string of the molecule is CCCCCN1c2ccccc2CC1S(=O)(=O)O. The third kappa shape index (κ3) is 2.67. The van der Waals surface area contributed by atoms with Crippen molar-refractivity contribution < 1.29 is 13.0 Å². The lowest BCUT2D eigenvalue weighted by Gasteiger charge is -2.25. The molecule has 1 unspecified atom stereocenters. The molecular formula is C13H19NO3S. The van der Waals surface area contributed by atoms with Crippen molar-refractivity contribution >= 4 is 15.8 Å². The average molecular weight is 269 g/mol. The van der Waals surface area contributed by atoms with Gasteiger partial charge in [-0.05, 0) is 18.1 Å². The van der Waals surface area contributed by atoms with E-state index in [1.165, 1.54) is 0 Å². The number of rotatable bonds is 5. The van der Waals surface area contributed by atoms with Crippen LogP contribution in [0.4, 0.5) is 5.69 Å². The first-order chi connectivity index (χ1) is 8.54. The van der Waals surface area contributed by atoms with Gasteiger partial charge in [0.25, 0.3) is 10.1 Å². The van der Waals surface area contributed by atoms with Crippen LogP contribution in [-0.2, 0) is 16.5 Å². The first-order valence-corrected chi connectivity index (χ1v) is 7.85. The standard InChI is InChI=1S/C13H19NO3S/c1-2-3-6-9-14-12-8-5-4-7-11(12)10-13(14)18(15,16)17/h4-5,7-8,13H,2-3,6,9-10H2,1H3,(H,15,16,17). The summed E-state index contributed by atoms with van der Waals surface area (Å²) in [6.07, 6.45) is 3.47. The molecule has 0 amide bonds. The lowest BCUT2D eigenvalue weighted by atomic mass is 10.2. The summed E-state index contributed by atoms with van der Waals surface area (Å²) in [5.74, 6) is 0. The fourth-order valence-corrected chi connectivity index (χ4v) is 3.41. The number of unbranched alkanes of at least 4 members (excludes halogenated alkanes) is 2. The van der Waals surface area contributed by atoms with E-state index < -0.39 is 15.5 Å². The van der Waals surface area contributed by atoms with E-state index in [2.05, 4.69) is 6.92 Å². The molecular weight excluding hydrogens is 250 g/mol. The molecule has 0 spiro atoms. The molecule has 1 aromatic carbocycles. The van der Waals surface area contributed by atoms with Crippen molar-refractivity contribution in [3.8, 4) is 0 Å². The van der Waals surface area contributed by atoms with Crippen LogP contribution in [0.15, 0.2) is 24.3 Å². The fraction of sp³-hybridized carbons (Fsp3) is 0.538. The number of benzene rings is 1. The Bertz CT molecular complexity index is 513. The Morgan fingerprint density at radius 3 is 2.72 bits per heavy atom. The normalized spacial score (nSPS) is 19.0. The molecule has 18 heavy (non-hydrogen) atoms. The van der Waals surface area contributed by atoms with Crippen LogP contribution in [0.1, 0.15) is 31.7 Å². The molecule has 0 radical (unpaired) electrons. The Morgan fingerprint density at radius 2 is 2.06 bits per heavy atom. The van der Waals surface area contributed by atoms with Gasteiger partial charge in [-0.3, -0.25) is 4.55 Å². The average Bonchev–Trinajstić information content (AvgIpc) is 2.69. The van der Waals surface area contributed by atoms with E-state index >= 15 is 0 Å². The maximum atomic E-state index is 11.5. The summed E-state index contributed by atoms with van der Waals surface area (Å²) < 4.78 is 32.3. The minimum absolute atomic E-state index is 0.376. The molecule has 1 heterocycles. The van der Waals surface area contributed by atoms with Crippen molar-refractivity contribution in [1.82, 2.24) is 0 Å². The van der Waals surface area contributed by atoms with Gasteiger partial charge in [-0.25, -0.2) is 0 Å². The predicted octanol–water partition coefficient (Wildman–Crippen LogP) is 2.45. The molecule has 1 aliphatic rings. The molecule has 0 aliphatic carbocycles. The number of hydrogen-bond donors (Lipinski definition) is 1. The lowest BCUT2D eigenvalue weighted by Crippen LogP contribution is -2.39. The highest BCUT2D eigenvalue weighted by Crippen LogP contribution is 2.34. The summed E-state index contributed by atoms with van der Waals surface area (Å²) in [5.41, 5.74) is 1.94. The van der Waals surface area contributed by atoms with Crippen molar-refractivity contribution in [3.05, 3.63) is 29.8 Å². The van der Waals surface area contributed by atoms with Gasteiger partial charge in [0.05, 0.1) is 0 Å². The maximum absolute atomic E-state index is 11.5. The van der Waals surface area contributed by atoms with Gasteiger partial charge in [0.15, 0.2) is 5.37 Å². The summed E-state index contributed by atoms with van der Waals surface area (Å²) in [5, 5.41) is -0.813. The van der Waals surface area contributed by atoms with Gasteiger partial charge in [-0.1, -0.05) is 38.0 Å². The second-order valence-corrected chi connectivity index (χ2v) is 6.28. The van der Waals surface area contributed by atoms with Crippen LogP contribution in [0.5, 0.6) is 0 Å². The van der Waals surface area contributed by atoms with Crippen LogP contribution >= 0.6 is 0 Å². The zero-order valence-electron chi connectivity index (χ0n) is 10.5. The van der Waals surface area contributed by atoms with E-state index in [9.17, 15) is 13.0 Å². The lowest BCUT2D eigenvalue weighted by molar-refractivity contribution is 0.463. The number of nitrogens with zero attached hydrogens (tertiary/aromatic N) is 1. The third-order valence-electron chi connectivity index (χ3n) is 3.39. The van der Waals surface area contributed by atoms with E-state index in [4.69, 9.17) is 0 Å². The van der Waals surface area contributed by atoms with Crippen LogP contribution in [0, 0.1) is 0 Å². The molecule has 0 aromatic heterocycles. The predicted molar refractivity (Wildman–Crippen MR) is 72.4 cm³/mol. The molecule has 0 saturated heterocycles. The molecule has 1 aliphatic heterocycles. The molecule has 0 bridgehead atoms. The number of fused-ring (bicyclic) bond motifs is 1. The van der Waals surface area contributed by atoms with Crippen LogP contribution < -0.4 is 4.90 Å². The molecule has 4 nitrogen and oxygen atoms in total. The van der Waals surface area contributed by atoms with Crippen molar-refractivity contribution in [2.45, 2.75) is 38.0 Å². The molecule has 100 valence electrons. The van der Waals surface area contributed by atoms with Gasteiger partial charge >= 0.3 is 0 Å². The van der Waals surface area contributed by atoms with E-state index in [-0.39, 0.29) is 0 Å². The van der Waals surface area contributed by atoms with Crippen LogP contribution in [-0.4, -0.2) is 24.9 Å². The highest BCUT2D eigenvalue weighted by molar-refractivity contribution is 7.86. The first-order valence-electron chi connectivity index (χ1n) is 6.35. The summed E-state index contributed by atoms with van der Waals surface area (Å²) >= 11 is 0. The second kappa shape index (κ2) is 5.28. The molecule has 0 saturated carbocycles. The van der Waals surface area contributed by atoms with E-state index in [0.29, 0.717) is 13.0 Å². The Labute approximate surface area is 108 Å². The van der Waals surface area contributed by atoms with Gasteiger partial charge in [-0.2, -0.15) is 8.42 Å². The summed E-state index contributed by atoms with van der Waals surface area (Å²) in [6, 6.07) is 7.65. The van der Waals surface area contributed by atoms with E-state index in [1.54, 1.807) is 0 Å². The van der Waals surface area contributed by atoms with Crippen LogP contribution in [0.25, 0.3) is 0 Å². The topological polar surface area (TPSA) is 57.6 Å². The zero-order chi connectivity index (χ0) is 13.2. The largest absolute Gasteiger partial charge is 0.353 e. The monoisotopic (exact) mass is 269 g/mol. The number of hydrogen-bond acceptors (Lipinski definition) is 3. The summed E-state index contributed by atoms with van der Waals surface area (Å²) in [4.78, 5) is 1.82. The van der Waals surface area contributed by atoms with Crippen molar-refractivity contribution in [2.24, 2.45) is 0 Å². The minimum Gasteiger partial charge on any atom is -0.353 e. The fourth-order valence-electron chi connectivity index (χ4n) is 2.48. The van der Waals surface area contributed by atoms with Gasteiger partial charge in [0, 0.05) is 18.7 Å². The van der Waals surface area contributed by atoms with E-state index in [1.807, 2.05) is 29.2 Å². The Balaban J connectivity index is 2.24. The Hall–Kier alpha value is -1.07. The van der Waals surface area contributed by atoms with E-state index in [0.717, 1.165) is 30.5 Å². The zero-order valence-corrected chi connectivity index (χ0v) is 11.4. The molecule has 1 aromatic rings. The van der Waals surface area contributed by atoms with Gasteiger partial charge in [0.1, 0.15) is 0 Å². The highest BCUT2D eigenvalue weighted by atomic mass is 32.2. The third-order valence-corrected chi connectivity index (χ3v) is 4.50. The molecule has 5 heteroatoms. The highest BCUT2D eigenvalue weighted by Gasteiger charge is 2.36. The summed E-state index contributed by atoms with van der Waals surface area (Å²) in [6.45, 7) is 2.79. The van der Waals surface area contributed by atoms with Crippen LogP contribution in [0.3, 0.4) is 0 Å². The molecule has 1 atom stereocenters. The molecule has 2 rings (SSSR count). The van der Waals surface area contributed by atoms with Gasteiger partial charge in [0.2, 0.25) is 0 Å².